The first kappa shape index (κ1) is 11.1. The number of halogens is 1. The van der Waals surface area contributed by atoms with Gasteiger partial charge in [0.15, 0.2) is 0 Å². The number of nitrogens with one attached hydrogen (secondary N) is 1. The number of hydrogen-bond donors (Lipinski definition) is 1. The molecule has 2 rings (SSSR count). The Bertz CT molecular complexity index is 488. The van der Waals surface area contributed by atoms with Crippen LogP contribution < -0.4 is 5.32 Å². The van der Waals surface area contributed by atoms with Gasteiger partial charge in [0.2, 0.25) is 0 Å². The van der Waals surface area contributed by atoms with Crippen LogP contribution in [0.4, 0.5) is 4.39 Å². The van der Waals surface area contributed by atoms with Gasteiger partial charge in [0.25, 0.3) is 0 Å². The Labute approximate surface area is 95.1 Å². The average Bonchev–Trinajstić information content (AvgIpc) is 2.58. The van der Waals surface area contributed by atoms with E-state index < -0.39 is 0 Å². The quantitative estimate of drug-likeness (QED) is 0.783. The van der Waals surface area contributed by atoms with E-state index in [1.807, 2.05) is 23.9 Å². The van der Waals surface area contributed by atoms with Crippen LogP contribution in [0.15, 0.2) is 24.4 Å². The first-order valence-electron chi connectivity index (χ1n) is 5.67. The number of aromatic nitrogens is 1. The van der Waals surface area contributed by atoms with Gasteiger partial charge in [-0.2, -0.15) is 0 Å². The molecule has 0 saturated heterocycles. The number of aryl methyl sites for hydroxylation is 1. The normalized spacial score (nSPS) is 11.2. The van der Waals surface area contributed by atoms with E-state index in [2.05, 4.69) is 12.2 Å². The second-order valence-corrected chi connectivity index (χ2v) is 4.00. The van der Waals surface area contributed by atoms with Gasteiger partial charge in [-0.05, 0) is 31.1 Å². The summed E-state index contributed by atoms with van der Waals surface area (Å²) in [4.78, 5) is 0. The second kappa shape index (κ2) is 4.66. The number of rotatable bonds is 4. The van der Waals surface area contributed by atoms with Crippen LogP contribution in [0.5, 0.6) is 0 Å². The summed E-state index contributed by atoms with van der Waals surface area (Å²) in [6, 6.07) is 5.27. The minimum absolute atomic E-state index is 0.144. The summed E-state index contributed by atoms with van der Waals surface area (Å²) in [5.74, 6) is -0.144. The van der Waals surface area contributed by atoms with Crippen LogP contribution in [0.2, 0.25) is 0 Å². The van der Waals surface area contributed by atoms with Crippen LogP contribution in [0.3, 0.4) is 0 Å². The number of para-hydroxylation sites is 1. The molecule has 1 aromatic carbocycles. The fraction of sp³-hybridized carbons (Fsp3) is 0.385. The smallest absolute Gasteiger partial charge is 0.147 e. The lowest BCUT2D eigenvalue weighted by Gasteiger charge is -2.00. The predicted octanol–water partition coefficient (Wildman–Crippen LogP) is 2.47. The van der Waals surface area contributed by atoms with Gasteiger partial charge in [-0.15, -0.1) is 0 Å². The number of likely N-dealkylation sites (N-methyl/N-ethyl adjacent to an activating group) is 1. The minimum Gasteiger partial charge on any atom is -0.348 e. The van der Waals surface area contributed by atoms with Crippen molar-refractivity contribution in [3.63, 3.8) is 0 Å². The van der Waals surface area contributed by atoms with Crippen molar-refractivity contribution in [2.24, 2.45) is 7.05 Å². The van der Waals surface area contributed by atoms with E-state index in [0.29, 0.717) is 5.52 Å². The molecule has 1 heterocycles. The van der Waals surface area contributed by atoms with Gasteiger partial charge in [0.1, 0.15) is 5.82 Å². The van der Waals surface area contributed by atoms with Crippen LogP contribution >= 0.6 is 0 Å². The number of fused-ring (bicyclic) bond motifs is 1. The van der Waals surface area contributed by atoms with E-state index in [-0.39, 0.29) is 5.82 Å². The summed E-state index contributed by atoms with van der Waals surface area (Å²) < 4.78 is 15.5. The number of hydrogen-bond acceptors (Lipinski definition) is 1. The molecule has 0 fully saturated rings. The molecule has 0 bridgehead atoms. The first-order valence-corrected chi connectivity index (χ1v) is 5.67. The molecule has 0 unspecified atom stereocenters. The van der Waals surface area contributed by atoms with E-state index >= 15 is 0 Å². The van der Waals surface area contributed by atoms with Crippen molar-refractivity contribution in [2.45, 2.75) is 13.3 Å². The molecule has 2 aromatic rings. The van der Waals surface area contributed by atoms with Gasteiger partial charge in [-0.1, -0.05) is 19.1 Å². The Hall–Kier alpha value is -1.35. The van der Waals surface area contributed by atoms with E-state index in [1.54, 1.807) is 6.07 Å². The maximum Gasteiger partial charge on any atom is 0.147 e. The fourth-order valence-electron chi connectivity index (χ4n) is 2.10. The van der Waals surface area contributed by atoms with Crippen molar-refractivity contribution in [3.05, 3.63) is 35.8 Å². The Balaban J connectivity index is 2.36. The lowest BCUT2D eigenvalue weighted by Crippen LogP contribution is -2.15. The zero-order valence-corrected chi connectivity index (χ0v) is 9.76. The Morgan fingerprint density at radius 3 is 2.94 bits per heavy atom. The lowest BCUT2D eigenvalue weighted by molar-refractivity contribution is 0.632. The molecule has 16 heavy (non-hydrogen) atoms. The summed E-state index contributed by atoms with van der Waals surface area (Å²) in [7, 11) is 1.89. The topological polar surface area (TPSA) is 17.0 Å². The molecule has 0 aliphatic heterocycles. The molecule has 3 heteroatoms. The molecule has 86 valence electrons. The highest BCUT2D eigenvalue weighted by Gasteiger charge is 2.09. The number of nitrogens with zero attached hydrogens (tertiary/aromatic N) is 1. The third kappa shape index (κ3) is 1.95. The van der Waals surface area contributed by atoms with E-state index in [4.69, 9.17) is 0 Å². The molecule has 0 spiro atoms. The zero-order valence-electron chi connectivity index (χ0n) is 9.76. The summed E-state index contributed by atoms with van der Waals surface area (Å²) in [5, 5.41) is 4.31. The third-order valence-electron chi connectivity index (χ3n) is 2.86. The first-order chi connectivity index (χ1) is 7.74. The standard InChI is InChI=1S/C13H17FN2/c1-3-15-8-7-10-9-16(2)13-11(10)5-4-6-12(13)14/h4-6,9,15H,3,7-8H2,1-2H3. The molecule has 0 aliphatic carbocycles. The Morgan fingerprint density at radius 2 is 2.19 bits per heavy atom. The largest absolute Gasteiger partial charge is 0.348 e. The van der Waals surface area contributed by atoms with Gasteiger partial charge in [-0.25, -0.2) is 4.39 Å². The van der Waals surface area contributed by atoms with Crippen molar-refractivity contribution >= 4 is 10.9 Å². The Kier molecular flexibility index (Phi) is 3.25. The van der Waals surface area contributed by atoms with Crippen LogP contribution in [-0.4, -0.2) is 17.7 Å². The monoisotopic (exact) mass is 220 g/mol. The summed E-state index contributed by atoms with van der Waals surface area (Å²) in [6.45, 7) is 3.99. The minimum atomic E-state index is -0.144. The van der Waals surface area contributed by atoms with Crippen molar-refractivity contribution in [3.8, 4) is 0 Å². The Morgan fingerprint density at radius 1 is 1.38 bits per heavy atom. The second-order valence-electron chi connectivity index (χ2n) is 4.00. The van der Waals surface area contributed by atoms with Crippen molar-refractivity contribution in [1.82, 2.24) is 9.88 Å². The van der Waals surface area contributed by atoms with Gasteiger partial charge < -0.3 is 9.88 Å². The molecule has 0 saturated carbocycles. The zero-order chi connectivity index (χ0) is 11.5. The summed E-state index contributed by atoms with van der Waals surface area (Å²) >= 11 is 0. The van der Waals surface area contributed by atoms with Gasteiger partial charge >= 0.3 is 0 Å². The predicted molar refractivity (Wildman–Crippen MR) is 65.1 cm³/mol. The van der Waals surface area contributed by atoms with Crippen LogP contribution in [0.25, 0.3) is 10.9 Å². The van der Waals surface area contributed by atoms with E-state index in [1.165, 1.54) is 11.6 Å². The van der Waals surface area contributed by atoms with Gasteiger partial charge in [0, 0.05) is 18.6 Å². The maximum atomic E-state index is 13.6. The molecular weight excluding hydrogens is 203 g/mol. The van der Waals surface area contributed by atoms with E-state index in [0.717, 1.165) is 24.9 Å². The summed E-state index contributed by atoms with van der Waals surface area (Å²) in [6.07, 6.45) is 2.96. The third-order valence-corrected chi connectivity index (χ3v) is 2.86. The molecule has 0 aliphatic rings. The molecular formula is C13H17FN2. The highest BCUT2D eigenvalue weighted by Crippen LogP contribution is 2.23. The number of benzene rings is 1. The van der Waals surface area contributed by atoms with Gasteiger partial charge in [0.05, 0.1) is 5.52 Å². The van der Waals surface area contributed by atoms with Crippen LogP contribution in [-0.2, 0) is 13.5 Å². The molecule has 2 nitrogen and oxygen atoms in total. The highest BCUT2D eigenvalue weighted by atomic mass is 19.1. The highest BCUT2D eigenvalue weighted by molar-refractivity contribution is 5.84. The van der Waals surface area contributed by atoms with Gasteiger partial charge in [-0.3, -0.25) is 0 Å². The molecule has 1 N–H and O–H groups in total. The van der Waals surface area contributed by atoms with Crippen molar-refractivity contribution in [2.75, 3.05) is 13.1 Å². The van der Waals surface area contributed by atoms with Crippen molar-refractivity contribution in [1.29, 1.82) is 0 Å². The van der Waals surface area contributed by atoms with Crippen LogP contribution in [0, 0.1) is 5.82 Å². The molecule has 0 radical (unpaired) electrons. The maximum absolute atomic E-state index is 13.6. The van der Waals surface area contributed by atoms with Crippen molar-refractivity contribution < 1.29 is 4.39 Å². The summed E-state index contributed by atoms with van der Waals surface area (Å²) in [5.41, 5.74) is 1.91. The molecule has 0 amide bonds. The average molecular weight is 220 g/mol. The fourth-order valence-corrected chi connectivity index (χ4v) is 2.10. The van der Waals surface area contributed by atoms with Crippen LogP contribution in [0.1, 0.15) is 12.5 Å². The molecule has 0 atom stereocenters. The lowest BCUT2D eigenvalue weighted by atomic mass is 10.1. The van der Waals surface area contributed by atoms with E-state index in [9.17, 15) is 4.39 Å². The molecule has 1 aromatic heterocycles. The SMILES string of the molecule is CCNCCc1cn(C)c2c(F)cccc12.